The molecule has 0 bridgehead atoms. The second-order valence-electron chi connectivity index (χ2n) is 9.67. The summed E-state index contributed by atoms with van der Waals surface area (Å²) in [6.07, 6.45) is -0.198. The highest BCUT2D eigenvalue weighted by molar-refractivity contribution is 8.00. The van der Waals surface area contributed by atoms with Crippen LogP contribution in [0.2, 0.25) is 0 Å². The molecule has 1 aliphatic heterocycles. The molecule has 1 N–H and O–H groups in total. The van der Waals surface area contributed by atoms with E-state index >= 15 is 8.78 Å². The fourth-order valence-electron chi connectivity index (χ4n) is 4.46. The number of ether oxygens (including phenoxy) is 4. The van der Waals surface area contributed by atoms with Crippen LogP contribution in [0.4, 0.5) is 8.78 Å². The number of nitriles is 1. The summed E-state index contributed by atoms with van der Waals surface area (Å²) in [5.74, 6) is -4.07. The standard InChI is InChI=1S/C32H28F2N4O5S/c1-38-15-14-36-30(38)22-10-6-7-11-23(22)42-31-27(33)29(44-19-26(39)40-2)28(34)32(37-31)43-25-16-21(17-35)12-13-24(25)41-18-20-8-4-3-5-9-20/h3-13,16,30,36H,14-15,18-19H2,1-2H3. The summed E-state index contributed by atoms with van der Waals surface area (Å²) in [7, 11) is 3.12. The topological polar surface area (TPSA) is 106 Å². The van der Waals surface area contributed by atoms with Crippen LogP contribution in [-0.4, -0.2) is 48.9 Å². The normalized spacial score (nSPS) is 14.6. The zero-order valence-electron chi connectivity index (χ0n) is 23.9. The molecule has 0 amide bonds. The zero-order chi connectivity index (χ0) is 31.1. The van der Waals surface area contributed by atoms with E-state index in [1.807, 2.05) is 55.6 Å². The molecule has 1 aromatic heterocycles. The average molecular weight is 619 g/mol. The van der Waals surface area contributed by atoms with Gasteiger partial charge in [-0.1, -0.05) is 48.5 Å². The van der Waals surface area contributed by atoms with E-state index in [2.05, 4.69) is 19.9 Å². The summed E-state index contributed by atoms with van der Waals surface area (Å²) in [5.41, 5.74) is 1.81. The third-order valence-corrected chi connectivity index (χ3v) is 7.75. The van der Waals surface area contributed by atoms with E-state index in [-0.39, 0.29) is 35.6 Å². The second-order valence-corrected chi connectivity index (χ2v) is 10.7. The summed E-state index contributed by atoms with van der Waals surface area (Å²) >= 11 is 0.576. The largest absolute Gasteiger partial charge is 0.485 e. The first kappa shape index (κ1) is 30.7. The molecule has 9 nitrogen and oxygen atoms in total. The third kappa shape index (κ3) is 7.08. The van der Waals surface area contributed by atoms with Gasteiger partial charge in [0.15, 0.2) is 11.5 Å². The number of carbonyl (C=O) groups is 1. The lowest BCUT2D eigenvalue weighted by atomic mass is 10.1. The number of hydrogen-bond donors (Lipinski definition) is 1. The Kier molecular flexibility index (Phi) is 9.91. The molecule has 44 heavy (non-hydrogen) atoms. The van der Waals surface area contributed by atoms with Crippen molar-refractivity contribution >= 4 is 17.7 Å². The van der Waals surface area contributed by atoms with Gasteiger partial charge in [-0.25, -0.2) is 0 Å². The summed E-state index contributed by atoms with van der Waals surface area (Å²) in [5, 5.41) is 12.8. The molecule has 0 spiro atoms. The van der Waals surface area contributed by atoms with Crippen molar-refractivity contribution in [3.8, 4) is 35.1 Å². The first-order valence-corrected chi connectivity index (χ1v) is 14.5. The van der Waals surface area contributed by atoms with E-state index in [1.165, 1.54) is 25.3 Å². The molecule has 226 valence electrons. The smallest absolute Gasteiger partial charge is 0.315 e. The van der Waals surface area contributed by atoms with Gasteiger partial charge in [-0.2, -0.15) is 19.0 Å². The van der Waals surface area contributed by atoms with Crippen molar-refractivity contribution in [1.29, 1.82) is 5.26 Å². The van der Waals surface area contributed by atoms with Crippen LogP contribution in [0.3, 0.4) is 0 Å². The maximum Gasteiger partial charge on any atom is 0.315 e. The molecule has 1 atom stereocenters. The predicted molar refractivity (Wildman–Crippen MR) is 159 cm³/mol. The number of benzene rings is 3. The van der Waals surface area contributed by atoms with Crippen LogP contribution in [0.5, 0.6) is 29.0 Å². The van der Waals surface area contributed by atoms with Gasteiger partial charge < -0.3 is 18.9 Å². The minimum Gasteiger partial charge on any atom is -0.485 e. The third-order valence-electron chi connectivity index (χ3n) is 6.72. The SMILES string of the molecule is COC(=O)CSc1c(F)c(Oc2cc(C#N)ccc2OCc2ccccc2)nc(Oc2ccccc2C2NCCN2C)c1F. The molecule has 1 unspecified atom stereocenters. The number of aromatic nitrogens is 1. The quantitative estimate of drug-likeness (QED) is 0.154. The molecule has 0 aliphatic carbocycles. The summed E-state index contributed by atoms with van der Waals surface area (Å²) in [6.45, 7) is 1.71. The van der Waals surface area contributed by atoms with E-state index in [0.717, 1.165) is 24.2 Å². The Morgan fingerprint density at radius 2 is 1.73 bits per heavy atom. The van der Waals surface area contributed by atoms with Crippen molar-refractivity contribution < 1.29 is 32.5 Å². The number of pyridine rings is 1. The Morgan fingerprint density at radius 3 is 2.41 bits per heavy atom. The van der Waals surface area contributed by atoms with Gasteiger partial charge in [0, 0.05) is 24.7 Å². The molecule has 1 aliphatic rings. The summed E-state index contributed by atoms with van der Waals surface area (Å²) < 4.78 is 54.1. The number of likely N-dealkylation sites (N-methyl/N-ethyl adjacent to an activating group) is 1. The number of nitrogens with one attached hydrogen (secondary N) is 1. The van der Waals surface area contributed by atoms with Gasteiger partial charge in [0.2, 0.25) is 11.6 Å². The maximum absolute atomic E-state index is 15.9. The molecule has 12 heteroatoms. The van der Waals surface area contributed by atoms with E-state index in [1.54, 1.807) is 12.1 Å². The highest BCUT2D eigenvalue weighted by Gasteiger charge is 2.29. The predicted octanol–water partition coefficient (Wildman–Crippen LogP) is 6.19. The van der Waals surface area contributed by atoms with Crippen molar-refractivity contribution in [2.24, 2.45) is 0 Å². The van der Waals surface area contributed by atoms with Gasteiger partial charge in [0.1, 0.15) is 12.4 Å². The maximum atomic E-state index is 15.9. The average Bonchev–Trinajstić information content (AvgIpc) is 3.48. The van der Waals surface area contributed by atoms with E-state index < -0.39 is 34.3 Å². The van der Waals surface area contributed by atoms with Gasteiger partial charge in [-0.15, -0.1) is 11.8 Å². The fraction of sp³-hybridized carbons (Fsp3) is 0.219. The van der Waals surface area contributed by atoms with Crippen LogP contribution in [-0.2, 0) is 16.1 Å². The minimum absolute atomic E-state index is 0.0231. The monoisotopic (exact) mass is 618 g/mol. The van der Waals surface area contributed by atoms with Crippen LogP contribution in [0.1, 0.15) is 22.9 Å². The molecule has 5 rings (SSSR count). The fourth-order valence-corrected chi connectivity index (χ4v) is 5.27. The number of esters is 1. The van der Waals surface area contributed by atoms with Crippen molar-refractivity contribution in [3.05, 3.63) is 101 Å². The number of carbonyl (C=O) groups excluding carboxylic acids is 1. The Labute approximate surface area is 257 Å². The van der Waals surface area contributed by atoms with E-state index in [4.69, 9.17) is 14.2 Å². The number of thioether (sulfide) groups is 1. The van der Waals surface area contributed by atoms with Crippen LogP contribution in [0, 0.1) is 23.0 Å². The highest BCUT2D eigenvalue weighted by Crippen LogP contribution is 2.41. The van der Waals surface area contributed by atoms with Crippen molar-refractivity contribution in [3.63, 3.8) is 0 Å². The lowest BCUT2D eigenvalue weighted by Crippen LogP contribution is -2.24. The molecule has 0 radical (unpaired) electrons. The lowest BCUT2D eigenvalue weighted by molar-refractivity contribution is -0.137. The number of para-hydroxylation sites is 1. The van der Waals surface area contributed by atoms with Crippen LogP contribution >= 0.6 is 11.8 Å². The Morgan fingerprint density at radius 1 is 1.02 bits per heavy atom. The van der Waals surface area contributed by atoms with Crippen molar-refractivity contribution in [1.82, 2.24) is 15.2 Å². The Bertz CT molecular complexity index is 1690. The molecular weight excluding hydrogens is 590 g/mol. The van der Waals surface area contributed by atoms with E-state index in [0.29, 0.717) is 17.5 Å². The number of nitrogens with zero attached hydrogens (tertiary/aromatic N) is 3. The highest BCUT2D eigenvalue weighted by atomic mass is 32.2. The molecular formula is C32H28F2N4O5S. The van der Waals surface area contributed by atoms with Crippen LogP contribution < -0.4 is 19.5 Å². The molecule has 1 fully saturated rings. The first-order valence-electron chi connectivity index (χ1n) is 13.6. The van der Waals surface area contributed by atoms with E-state index in [9.17, 15) is 10.1 Å². The van der Waals surface area contributed by atoms with Gasteiger partial charge in [0.25, 0.3) is 11.8 Å². The Balaban J connectivity index is 1.53. The van der Waals surface area contributed by atoms with Gasteiger partial charge in [0.05, 0.1) is 35.6 Å². The van der Waals surface area contributed by atoms with Crippen LogP contribution in [0.25, 0.3) is 0 Å². The summed E-state index contributed by atoms with van der Waals surface area (Å²) in [6, 6.07) is 22.8. The summed E-state index contributed by atoms with van der Waals surface area (Å²) in [4.78, 5) is 17.5. The zero-order valence-corrected chi connectivity index (χ0v) is 24.7. The molecule has 0 saturated carbocycles. The van der Waals surface area contributed by atoms with Crippen LogP contribution in [0.15, 0.2) is 77.7 Å². The molecule has 3 aromatic carbocycles. The van der Waals surface area contributed by atoms with Gasteiger partial charge in [-0.3, -0.25) is 15.0 Å². The molecule has 2 heterocycles. The second kappa shape index (κ2) is 14.2. The first-order chi connectivity index (χ1) is 21.4. The van der Waals surface area contributed by atoms with Gasteiger partial charge >= 0.3 is 5.97 Å². The lowest BCUT2D eigenvalue weighted by Gasteiger charge is -2.22. The van der Waals surface area contributed by atoms with Crippen molar-refractivity contribution in [2.75, 3.05) is 33.0 Å². The molecule has 4 aromatic rings. The number of halogens is 2. The number of hydrogen-bond acceptors (Lipinski definition) is 10. The minimum atomic E-state index is -1.16. The Hall–Kier alpha value is -4.70. The molecule has 1 saturated heterocycles. The number of methoxy groups -OCH3 is 1. The van der Waals surface area contributed by atoms with Gasteiger partial charge in [-0.05, 0) is 30.8 Å². The van der Waals surface area contributed by atoms with Crippen molar-refractivity contribution in [2.45, 2.75) is 17.7 Å². The number of rotatable bonds is 11.